The first-order valence-corrected chi connectivity index (χ1v) is 10.9. The van der Waals surface area contributed by atoms with Crippen LogP contribution in [0.15, 0.2) is 60.8 Å². The number of rotatable bonds is 6. The summed E-state index contributed by atoms with van der Waals surface area (Å²) in [5, 5.41) is 12.6. The van der Waals surface area contributed by atoms with Gasteiger partial charge in [0.15, 0.2) is 0 Å². The highest BCUT2D eigenvalue weighted by Gasteiger charge is 2.44. The molecule has 1 saturated heterocycles. The lowest BCUT2D eigenvalue weighted by molar-refractivity contribution is 0.0503. The van der Waals surface area contributed by atoms with Crippen molar-refractivity contribution >= 4 is 5.95 Å². The zero-order chi connectivity index (χ0) is 21.1. The van der Waals surface area contributed by atoms with E-state index in [4.69, 9.17) is 9.72 Å². The maximum absolute atomic E-state index is 9.26. The molecule has 6 nitrogen and oxygen atoms in total. The Labute approximate surface area is 182 Å². The Bertz CT molecular complexity index is 1030. The summed E-state index contributed by atoms with van der Waals surface area (Å²) in [6, 6.07) is 18.5. The molecule has 1 fully saturated rings. The lowest BCUT2D eigenvalue weighted by Crippen LogP contribution is -2.40. The van der Waals surface area contributed by atoms with Crippen molar-refractivity contribution in [2.45, 2.75) is 38.1 Å². The Balaban J connectivity index is 1.31. The SMILES string of the molecule is OCc1ccc(CN2CC[C@@]3(COCc4cnc(NCc5ccccc5)nc43)C2)cc1. The zero-order valence-electron chi connectivity index (χ0n) is 17.6. The van der Waals surface area contributed by atoms with Gasteiger partial charge in [0, 0.05) is 31.4 Å². The Morgan fingerprint density at radius 2 is 1.84 bits per heavy atom. The van der Waals surface area contributed by atoms with Crippen LogP contribution in [0, 0.1) is 0 Å². The predicted octanol–water partition coefficient (Wildman–Crippen LogP) is 3.25. The van der Waals surface area contributed by atoms with Gasteiger partial charge in [0.1, 0.15) is 0 Å². The monoisotopic (exact) mass is 416 g/mol. The van der Waals surface area contributed by atoms with E-state index in [0.717, 1.165) is 42.9 Å². The number of nitrogens with one attached hydrogen (secondary N) is 1. The number of aliphatic hydroxyl groups excluding tert-OH is 1. The number of likely N-dealkylation sites (tertiary alicyclic amines) is 1. The lowest BCUT2D eigenvalue weighted by Gasteiger charge is -2.34. The van der Waals surface area contributed by atoms with Gasteiger partial charge >= 0.3 is 0 Å². The fourth-order valence-corrected chi connectivity index (χ4v) is 4.67. The smallest absolute Gasteiger partial charge is 0.223 e. The third-order valence-corrected chi connectivity index (χ3v) is 6.34. The molecule has 1 atom stereocenters. The second kappa shape index (κ2) is 8.75. The van der Waals surface area contributed by atoms with Crippen LogP contribution in [0.3, 0.4) is 0 Å². The van der Waals surface area contributed by atoms with E-state index >= 15 is 0 Å². The van der Waals surface area contributed by atoms with E-state index in [1.807, 2.05) is 36.5 Å². The van der Waals surface area contributed by atoms with Crippen molar-refractivity contribution in [3.8, 4) is 0 Å². The summed E-state index contributed by atoms with van der Waals surface area (Å²) in [4.78, 5) is 12.0. The van der Waals surface area contributed by atoms with Crippen LogP contribution in [0.5, 0.6) is 0 Å². The number of ether oxygens (including phenoxy) is 1. The van der Waals surface area contributed by atoms with Crippen molar-refractivity contribution < 1.29 is 9.84 Å². The zero-order valence-corrected chi connectivity index (χ0v) is 17.6. The molecule has 0 aliphatic carbocycles. The molecule has 31 heavy (non-hydrogen) atoms. The molecule has 160 valence electrons. The van der Waals surface area contributed by atoms with Gasteiger partial charge in [-0.2, -0.15) is 0 Å². The molecular formula is C25H28N4O2. The number of aromatic nitrogens is 2. The molecule has 0 unspecified atom stereocenters. The molecular weight excluding hydrogens is 388 g/mol. The van der Waals surface area contributed by atoms with Gasteiger partial charge in [0.25, 0.3) is 0 Å². The summed E-state index contributed by atoms with van der Waals surface area (Å²) in [5.41, 5.74) is 5.59. The Morgan fingerprint density at radius 1 is 1.03 bits per heavy atom. The largest absolute Gasteiger partial charge is 0.392 e. The molecule has 2 aromatic carbocycles. The summed E-state index contributed by atoms with van der Waals surface area (Å²) in [6.07, 6.45) is 2.96. The Hall–Kier alpha value is -2.80. The molecule has 6 heteroatoms. The quantitative estimate of drug-likeness (QED) is 0.643. The van der Waals surface area contributed by atoms with Crippen LogP contribution >= 0.6 is 0 Å². The Kier molecular flexibility index (Phi) is 5.68. The van der Waals surface area contributed by atoms with Crippen LogP contribution < -0.4 is 5.32 Å². The molecule has 2 N–H and O–H groups in total. The first kappa shape index (κ1) is 20.1. The molecule has 0 amide bonds. The van der Waals surface area contributed by atoms with Gasteiger partial charge in [0.05, 0.1) is 30.9 Å². The number of hydrogen-bond donors (Lipinski definition) is 2. The van der Waals surface area contributed by atoms with Crippen molar-refractivity contribution in [3.63, 3.8) is 0 Å². The Morgan fingerprint density at radius 3 is 2.65 bits per heavy atom. The molecule has 0 bridgehead atoms. The van der Waals surface area contributed by atoms with Crippen molar-refractivity contribution in [1.82, 2.24) is 14.9 Å². The summed E-state index contributed by atoms with van der Waals surface area (Å²) < 4.78 is 5.98. The van der Waals surface area contributed by atoms with E-state index in [0.29, 0.717) is 25.7 Å². The highest BCUT2D eigenvalue weighted by atomic mass is 16.5. The van der Waals surface area contributed by atoms with Crippen molar-refractivity contribution in [3.05, 3.63) is 88.7 Å². The first-order valence-electron chi connectivity index (χ1n) is 10.9. The molecule has 1 aromatic heterocycles. The van der Waals surface area contributed by atoms with Gasteiger partial charge < -0.3 is 15.2 Å². The normalized spacial score (nSPS) is 20.7. The fraction of sp³-hybridized carbons (Fsp3) is 0.360. The average Bonchev–Trinajstić information content (AvgIpc) is 3.22. The van der Waals surface area contributed by atoms with Crippen LogP contribution in [0.25, 0.3) is 0 Å². The van der Waals surface area contributed by atoms with Gasteiger partial charge in [-0.1, -0.05) is 54.6 Å². The van der Waals surface area contributed by atoms with Gasteiger partial charge in [-0.05, 0) is 29.7 Å². The van der Waals surface area contributed by atoms with Crippen LogP contribution in [-0.2, 0) is 36.5 Å². The molecule has 0 radical (unpaired) electrons. The second-order valence-electron chi connectivity index (χ2n) is 8.62. The summed E-state index contributed by atoms with van der Waals surface area (Å²) in [6.45, 7) is 4.92. The van der Waals surface area contributed by atoms with Crippen molar-refractivity contribution in [2.75, 3.05) is 25.0 Å². The van der Waals surface area contributed by atoms with E-state index in [9.17, 15) is 5.11 Å². The molecule has 2 aliphatic rings. The molecule has 1 spiro atoms. The molecule has 3 heterocycles. The first-order chi connectivity index (χ1) is 15.2. The van der Waals surface area contributed by atoms with Gasteiger partial charge in [-0.3, -0.25) is 4.90 Å². The predicted molar refractivity (Wildman–Crippen MR) is 119 cm³/mol. The van der Waals surface area contributed by atoms with Crippen molar-refractivity contribution in [1.29, 1.82) is 0 Å². The number of aliphatic hydroxyl groups is 1. The summed E-state index contributed by atoms with van der Waals surface area (Å²) >= 11 is 0. The number of anilines is 1. The summed E-state index contributed by atoms with van der Waals surface area (Å²) in [5.74, 6) is 0.682. The minimum absolute atomic E-state index is 0.0786. The molecule has 5 rings (SSSR count). The minimum atomic E-state index is -0.0786. The molecule has 0 saturated carbocycles. The standard InChI is InChI=1S/C25H28N4O2/c30-15-21-8-6-20(7-9-21)14-29-11-10-25(17-29)18-31-16-22-13-27-24(28-23(22)25)26-12-19-4-2-1-3-5-19/h1-9,13,30H,10-12,14-18H2,(H,26,27,28)/t25-/m0/s1. The maximum Gasteiger partial charge on any atom is 0.223 e. The van der Waals surface area contributed by atoms with Crippen LogP contribution in [-0.4, -0.2) is 39.7 Å². The topological polar surface area (TPSA) is 70.5 Å². The van der Waals surface area contributed by atoms with Gasteiger partial charge in [-0.25, -0.2) is 9.97 Å². The number of hydrogen-bond acceptors (Lipinski definition) is 6. The van der Waals surface area contributed by atoms with Crippen LogP contribution in [0.2, 0.25) is 0 Å². The van der Waals surface area contributed by atoms with Crippen LogP contribution in [0.1, 0.15) is 34.4 Å². The second-order valence-corrected chi connectivity index (χ2v) is 8.62. The lowest BCUT2D eigenvalue weighted by atomic mass is 9.80. The third-order valence-electron chi connectivity index (χ3n) is 6.34. The average molecular weight is 417 g/mol. The third kappa shape index (κ3) is 4.32. The summed E-state index contributed by atoms with van der Waals surface area (Å²) in [7, 11) is 0. The van der Waals surface area contributed by atoms with Crippen LogP contribution in [0.4, 0.5) is 5.95 Å². The highest BCUT2D eigenvalue weighted by Crippen LogP contribution is 2.39. The maximum atomic E-state index is 9.26. The van der Waals surface area contributed by atoms with Crippen molar-refractivity contribution in [2.24, 2.45) is 0 Å². The van der Waals surface area contributed by atoms with E-state index in [1.165, 1.54) is 11.1 Å². The molecule has 3 aromatic rings. The van der Waals surface area contributed by atoms with E-state index in [1.54, 1.807) is 0 Å². The van der Waals surface area contributed by atoms with E-state index < -0.39 is 0 Å². The number of benzene rings is 2. The van der Waals surface area contributed by atoms with E-state index in [2.05, 4.69) is 39.5 Å². The van der Waals surface area contributed by atoms with Gasteiger partial charge in [-0.15, -0.1) is 0 Å². The fourth-order valence-electron chi connectivity index (χ4n) is 4.67. The van der Waals surface area contributed by atoms with E-state index in [-0.39, 0.29) is 12.0 Å². The number of nitrogens with zero attached hydrogens (tertiary/aromatic N) is 3. The minimum Gasteiger partial charge on any atom is -0.392 e. The van der Waals surface area contributed by atoms with Gasteiger partial charge in [0.2, 0.25) is 5.95 Å². The molecule has 2 aliphatic heterocycles. The highest BCUT2D eigenvalue weighted by molar-refractivity contribution is 5.37. The number of fused-ring (bicyclic) bond motifs is 2.